The summed E-state index contributed by atoms with van der Waals surface area (Å²) in [4.78, 5) is 14.3. The van der Waals surface area contributed by atoms with Crippen LogP contribution in [0.15, 0.2) is 12.3 Å². The molecule has 17 heavy (non-hydrogen) atoms. The molecule has 0 atom stereocenters. The number of carbonyl (C=O) groups is 1. The van der Waals surface area contributed by atoms with Gasteiger partial charge in [0.25, 0.3) is 0 Å². The summed E-state index contributed by atoms with van der Waals surface area (Å²) < 4.78 is 41.6. The summed E-state index contributed by atoms with van der Waals surface area (Å²) in [6.07, 6.45) is -3.79. The first-order valence-corrected chi connectivity index (χ1v) is 5.09. The quantitative estimate of drug-likeness (QED) is 0.791. The number of aromatic nitrogens is 1. The summed E-state index contributed by atoms with van der Waals surface area (Å²) in [5.74, 6) is -0.537. The number of halogens is 4. The highest BCUT2D eigenvalue weighted by atomic mass is 35.5. The fourth-order valence-corrected chi connectivity index (χ4v) is 1.46. The van der Waals surface area contributed by atoms with Crippen molar-refractivity contribution in [1.82, 2.24) is 4.98 Å². The molecule has 1 aromatic rings. The van der Waals surface area contributed by atoms with E-state index in [1.54, 1.807) is 6.92 Å². The van der Waals surface area contributed by atoms with Crippen molar-refractivity contribution in [2.75, 3.05) is 6.61 Å². The van der Waals surface area contributed by atoms with Crippen LogP contribution in [-0.4, -0.2) is 17.6 Å². The van der Waals surface area contributed by atoms with E-state index in [1.807, 2.05) is 0 Å². The van der Waals surface area contributed by atoms with E-state index in [1.165, 1.54) is 0 Å². The van der Waals surface area contributed by atoms with Crippen molar-refractivity contribution in [3.05, 3.63) is 28.5 Å². The minimum atomic E-state index is -4.60. The van der Waals surface area contributed by atoms with Gasteiger partial charge in [-0.05, 0) is 18.6 Å². The Morgan fingerprint density at radius 3 is 2.65 bits per heavy atom. The molecule has 0 saturated carbocycles. The highest BCUT2D eigenvalue weighted by molar-refractivity contribution is 6.31. The number of pyridine rings is 1. The Labute approximate surface area is 101 Å². The van der Waals surface area contributed by atoms with Gasteiger partial charge in [-0.15, -0.1) is 0 Å². The van der Waals surface area contributed by atoms with Crippen LogP contribution < -0.4 is 0 Å². The van der Waals surface area contributed by atoms with Gasteiger partial charge in [-0.2, -0.15) is 13.2 Å². The second-order valence-corrected chi connectivity index (χ2v) is 3.56. The number of esters is 1. The SMILES string of the molecule is CCOC(=O)Cc1cnc(C(F)(F)F)c(Cl)c1. The molecule has 0 aromatic carbocycles. The minimum absolute atomic E-state index is 0.154. The fourth-order valence-electron chi connectivity index (χ4n) is 1.16. The van der Waals surface area contributed by atoms with E-state index in [4.69, 9.17) is 11.6 Å². The largest absolute Gasteiger partial charge is 0.466 e. The molecule has 7 heteroatoms. The Morgan fingerprint density at radius 2 is 2.18 bits per heavy atom. The molecular formula is C10H9ClF3NO2. The third-order valence-corrected chi connectivity index (χ3v) is 2.11. The summed E-state index contributed by atoms with van der Waals surface area (Å²) >= 11 is 5.44. The molecule has 0 bridgehead atoms. The third kappa shape index (κ3) is 3.89. The highest BCUT2D eigenvalue weighted by Crippen LogP contribution is 2.33. The van der Waals surface area contributed by atoms with Gasteiger partial charge in [-0.1, -0.05) is 11.6 Å². The van der Waals surface area contributed by atoms with Crippen LogP contribution in [0, 0.1) is 0 Å². The Balaban J connectivity index is 2.86. The van der Waals surface area contributed by atoms with Crippen molar-refractivity contribution in [2.24, 2.45) is 0 Å². The number of hydrogen-bond acceptors (Lipinski definition) is 3. The summed E-state index contributed by atoms with van der Waals surface area (Å²) in [5, 5.41) is -0.528. The normalized spacial score (nSPS) is 11.4. The van der Waals surface area contributed by atoms with Crippen molar-refractivity contribution in [1.29, 1.82) is 0 Å². The molecule has 1 aromatic heterocycles. The van der Waals surface area contributed by atoms with Crippen molar-refractivity contribution < 1.29 is 22.7 Å². The lowest BCUT2D eigenvalue weighted by Gasteiger charge is -2.08. The summed E-state index contributed by atoms with van der Waals surface area (Å²) in [6, 6.07) is 1.06. The first-order valence-electron chi connectivity index (χ1n) is 4.71. The standard InChI is InChI=1S/C10H9ClF3NO2/c1-2-17-8(16)4-6-3-7(11)9(15-5-6)10(12,13)14/h3,5H,2,4H2,1H3. The molecule has 1 heterocycles. The van der Waals surface area contributed by atoms with Crippen LogP contribution >= 0.6 is 11.6 Å². The van der Waals surface area contributed by atoms with Crippen LogP contribution in [0.5, 0.6) is 0 Å². The molecular weight excluding hydrogens is 259 g/mol. The van der Waals surface area contributed by atoms with Crippen LogP contribution in [0.25, 0.3) is 0 Å². The molecule has 0 N–H and O–H groups in total. The van der Waals surface area contributed by atoms with Gasteiger partial charge in [-0.3, -0.25) is 9.78 Å². The van der Waals surface area contributed by atoms with Gasteiger partial charge in [0, 0.05) is 6.20 Å². The second-order valence-electron chi connectivity index (χ2n) is 3.15. The predicted octanol–water partition coefficient (Wildman–Crippen LogP) is 2.86. The second kappa shape index (κ2) is 5.35. The fraction of sp³-hybridized carbons (Fsp3) is 0.400. The van der Waals surface area contributed by atoms with Crippen molar-refractivity contribution >= 4 is 17.6 Å². The van der Waals surface area contributed by atoms with Gasteiger partial charge >= 0.3 is 12.1 Å². The molecule has 0 aliphatic heterocycles. The summed E-state index contributed by atoms with van der Waals surface area (Å²) in [5.41, 5.74) is -0.881. The number of ether oxygens (including phenoxy) is 1. The molecule has 0 saturated heterocycles. The molecule has 94 valence electrons. The zero-order valence-electron chi connectivity index (χ0n) is 8.84. The van der Waals surface area contributed by atoms with Gasteiger partial charge in [0.05, 0.1) is 18.1 Å². The molecule has 0 amide bonds. The van der Waals surface area contributed by atoms with Gasteiger partial charge in [0.1, 0.15) is 0 Å². The van der Waals surface area contributed by atoms with Crippen molar-refractivity contribution in [2.45, 2.75) is 19.5 Å². The Hall–Kier alpha value is -1.30. The zero-order valence-corrected chi connectivity index (χ0v) is 9.60. The van der Waals surface area contributed by atoms with Gasteiger partial charge < -0.3 is 4.74 Å². The van der Waals surface area contributed by atoms with Crippen LogP contribution in [-0.2, 0) is 22.1 Å². The van der Waals surface area contributed by atoms with Crippen molar-refractivity contribution in [3.8, 4) is 0 Å². The average Bonchev–Trinajstić information content (AvgIpc) is 2.15. The van der Waals surface area contributed by atoms with E-state index in [9.17, 15) is 18.0 Å². The van der Waals surface area contributed by atoms with E-state index in [0.717, 1.165) is 12.3 Å². The van der Waals surface area contributed by atoms with Crippen LogP contribution in [0.3, 0.4) is 0 Å². The van der Waals surface area contributed by atoms with Crippen LogP contribution in [0.4, 0.5) is 13.2 Å². The predicted molar refractivity (Wildman–Crippen MR) is 54.6 cm³/mol. The summed E-state index contributed by atoms with van der Waals surface area (Å²) in [7, 11) is 0. The molecule has 0 aliphatic rings. The number of alkyl halides is 3. The number of rotatable bonds is 3. The maximum Gasteiger partial charge on any atom is 0.434 e. The molecule has 3 nitrogen and oxygen atoms in total. The molecule has 0 spiro atoms. The van der Waals surface area contributed by atoms with Crippen LogP contribution in [0.2, 0.25) is 5.02 Å². The Kier molecular flexibility index (Phi) is 4.34. The maximum absolute atomic E-state index is 12.3. The molecule has 1 rings (SSSR count). The lowest BCUT2D eigenvalue weighted by molar-refractivity contribution is -0.142. The van der Waals surface area contributed by atoms with E-state index in [0.29, 0.717) is 0 Å². The molecule has 0 unspecified atom stereocenters. The zero-order chi connectivity index (χ0) is 13.1. The van der Waals surface area contributed by atoms with Gasteiger partial charge in [0.15, 0.2) is 5.69 Å². The number of hydrogen-bond donors (Lipinski definition) is 0. The maximum atomic E-state index is 12.3. The Bertz CT molecular complexity index is 421. The molecule has 0 fully saturated rings. The topological polar surface area (TPSA) is 39.2 Å². The average molecular weight is 268 g/mol. The van der Waals surface area contributed by atoms with E-state index < -0.39 is 22.9 Å². The van der Waals surface area contributed by atoms with Gasteiger partial charge in [0.2, 0.25) is 0 Å². The molecule has 0 aliphatic carbocycles. The van der Waals surface area contributed by atoms with E-state index in [-0.39, 0.29) is 18.6 Å². The van der Waals surface area contributed by atoms with E-state index in [2.05, 4.69) is 9.72 Å². The Morgan fingerprint density at radius 1 is 1.53 bits per heavy atom. The third-order valence-electron chi connectivity index (χ3n) is 1.82. The number of nitrogens with zero attached hydrogens (tertiary/aromatic N) is 1. The first-order chi connectivity index (χ1) is 7.84. The lowest BCUT2D eigenvalue weighted by atomic mass is 10.2. The van der Waals surface area contributed by atoms with Crippen LogP contribution in [0.1, 0.15) is 18.2 Å². The van der Waals surface area contributed by atoms with Gasteiger partial charge in [-0.25, -0.2) is 0 Å². The monoisotopic (exact) mass is 267 g/mol. The number of carbonyl (C=O) groups excluding carboxylic acids is 1. The smallest absolute Gasteiger partial charge is 0.434 e. The minimum Gasteiger partial charge on any atom is -0.466 e. The first kappa shape index (κ1) is 13.8. The molecule has 0 radical (unpaired) electrons. The highest BCUT2D eigenvalue weighted by Gasteiger charge is 2.35. The lowest BCUT2D eigenvalue weighted by Crippen LogP contribution is -2.11. The van der Waals surface area contributed by atoms with E-state index >= 15 is 0 Å². The van der Waals surface area contributed by atoms with Crippen molar-refractivity contribution in [3.63, 3.8) is 0 Å². The summed E-state index contributed by atoms with van der Waals surface area (Å²) in [6.45, 7) is 1.84.